The zero-order valence-corrected chi connectivity index (χ0v) is 18.9. The predicted molar refractivity (Wildman–Crippen MR) is 127 cm³/mol. The molecule has 0 aromatic heterocycles. The van der Waals surface area contributed by atoms with Gasteiger partial charge in [0.05, 0.1) is 5.56 Å². The number of carbonyl (C=O) groups excluding carboxylic acids is 2. The predicted octanol–water partition coefficient (Wildman–Crippen LogP) is 3.22. The monoisotopic (exact) mass is 487 g/mol. The SMILES string of the molecule is O=C(COc1ccc2c(c1)OC(=Cc1ccc3c(c1)OCO3)C2=O)NC(Cc1ccccc1)C(=O)O. The lowest BCUT2D eigenvalue weighted by Crippen LogP contribution is -2.44. The van der Waals surface area contributed by atoms with Crippen molar-refractivity contribution in [2.75, 3.05) is 13.4 Å². The molecule has 9 heteroatoms. The standard InChI is InChI=1S/C27H21NO8/c29-25(28-20(27(31)32)10-16-4-2-1-3-5-16)14-33-18-7-8-19-22(13-18)36-24(26(19)30)12-17-6-9-21-23(11-17)35-15-34-21/h1-9,11-13,20H,10,14-15H2,(H,28,29)(H,31,32). The van der Waals surface area contributed by atoms with Crippen molar-refractivity contribution < 1.29 is 38.4 Å². The smallest absolute Gasteiger partial charge is 0.326 e. The van der Waals surface area contributed by atoms with Crippen molar-refractivity contribution in [3.05, 3.63) is 89.2 Å². The van der Waals surface area contributed by atoms with E-state index in [0.29, 0.717) is 34.1 Å². The van der Waals surface area contributed by atoms with Crippen LogP contribution in [0.3, 0.4) is 0 Å². The summed E-state index contributed by atoms with van der Waals surface area (Å²) in [4.78, 5) is 36.6. The van der Waals surface area contributed by atoms with E-state index >= 15 is 0 Å². The number of ether oxygens (including phenoxy) is 4. The first-order chi connectivity index (χ1) is 17.5. The van der Waals surface area contributed by atoms with Gasteiger partial charge >= 0.3 is 5.97 Å². The van der Waals surface area contributed by atoms with Gasteiger partial charge in [-0.15, -0.1) is 0 Å². The first-order valence-electron chi connectivity index (χ1n) is 11.1. The van der Waals surface area contributed by atoms with Crippen molar-refractivity contribution in [2.24, 2.45) is 0 Å². The molecule has 9 nitrogen and oxygen atoms in total. The maximum Gasteiger partial charge on any atom is 0.326 e. The number of hydrogen-bond donors (Lipinski definition) is 2. The first-order valence-corrected chi connectivity index (χ1v) is 11.1. The van der Waals surface area contributed by atoms with Crippen LogP contribution < -0.4 is 24.3 Å². The van der Waals surface area contributed by atoms with E-state index < -0.39 is 24.5 Å². The van der Waals surface area contributed by atoms with Gasteiger partial charge in [0, 0.05) is 12.5 Å². The minimum atomic E-state index is -1.14. The number of allylic oxidation sites excluding steroid dienone is 1. The van der Waals surface area contributed by atoms with Crippen LogP contribution in [-0.2, 0) is 16.0 Å². The van der Waals surface area contributed by atoms with Gasteiger partial charge in [0.1, 0.15) is 17.5 Å². The van der Waals surface area contributed by atoms with Crippen LogP contribution in [-0.4, -0.2) is 42.2 Å². The first kappa shape index (κ1) is 23.0. The summed E-state index contributed by atoms with van der Waals surface area (Å²) < 4.78 is 21.9. The Balaban J connectivity index is 1.21. The number of hydrogen-bond acceptors (Lipinski definition) is 7. The van der Waals surface area contributed by atoms with Gasteiger partial charge in [0.15, 0.2) is 23.9 Å². The molecule has 182 valence electrons. The summed E-state index contributed by atoms with van der Waals surface area (Å²) in [5.74, 6) is -0.0259. The van der Waals surface area contributed by atoms with Crippen LogP contribution in [0.5, 0.6) is 23.0 Å². The molecule has 0 aliphatic carbocycles. The number of rotatable bonds is 8. The molecule has 0 saturated carbocycles. The van der Waals surface area contributed by atoms with Crippen LogP contribution in [0.25, 0.3) is 6.08 Å². The Hall–Kier alpha value is -4.79. The highest BCUT2D eigenvalue weighted by atomic mass is 16.7. The Morgan fingerprint density at radius 3 is 2.61 bits per heavy atom. The second-order valence-electron chi connectivity index (χ2n) is 8.15. The van der Waals surface area contributed by atoms with E-state index in [1.807, 2.05) is 6.07 Å². The summed E-state index contributed by atoms with van der Waals surface area (Å²) in [6, 6.07) is 17.8. The van der Waals surface area contributed by atoms with Gasteiger partial charge in [0.25, 0.3) is 5.91 Å². The van der Waals surface area contributed by atoms with E-state index in [1.165, 1.54) is 6.07 Å². The number of amides is 1. The third kappa shape index (κ3) is 5.00. The molecule has 0 radical (unpaired) electrons. The molecular weight excluding hydrogens is 466 g/mol. The van der Waals surface area contributed by atoms with Crippen LogP contribution in [0.2, 0.25) is 0 Å². The van der Waals surface area contributed by atoms with Gasteiger partial charge in [-0.3, -0.25) is 9.59 Å². The minimum Gasteiger partial charge on any atom is -0.484 e. The summed E-state index contributed by atoms with van der Waals surface area (Å²) in [5.41, 5.74) is 1.87. The number of ketones is 1. The van der Waals surface area contributed by atoms with Crippen molar-refractivity contribution in [1.82, 2.24) is 5.32 Å². The summed E-state index contributed by atoms with van der Waals surface area (Å²) in [5, 5.41) is 11.9. The lowest BCUT2D eigenvalue weighted by molar-refractivity contribution is -0.142. The van der Waals surface area contributed by atoms with E-state index in [9.17, 15) is 19.5 Å². The lowest BCUT2D eigenvalue weighted by atomic mass is 10.1. The van der Waals surface area contributed by atoms with Crippen molar-refractivity contribution >= 4 is 23.7 Å². The van der Waals surface area contributed by atoms with Crippen LogP contribution in [0.4, 0.5) is 0 Å². The van der Waals surface area contributed by atoms with Crippen molar-refractivity contribution in [3.8, 4) is 23.0 Å². The Morgan fingerprint density at radius 1 is 1.00 bits per heavy atom. The second-order valence-corrected chi connectivity index (χ2v) is 8.15. The van der Waals surface area contributed by atoms with Crippen LogP contribution in [0, 0.1) is 0 Å². The van der Waals surface area contributed by atoms with Gasteiger partial charge in [-0.2, -0.15) is 0 Å². The molecule has 0 saturated heterocycles. The Kier molecular flexibility index (Phi) is 6.27. The number of benzene rings is 3. The second kappa shape index (κ2) is 9.83. The van der Waals surface area contributed by atoms with E-state index in [1.54, 1.807) is 60.7 Å². The molecule has 2 aliphatic heterocycles. The number of carbonyl (C=O) groups is 3. The third-order valence-electron chi connectivity index (χ3n) is 5.62. The zero-order chi connectivity index (χ0) is 25.1. The molecule has 2 heterocycles. The summed E-state index contributed by atoms with van der Waals surface area (Å²) in [6.45, 7) is -0.244. The Bertz CT molecular complexity index is 1370. The van der Waals surface area contributed by atoms with Crippen LogP contribution >= 0.6 is 0 Å². The zero-order valence-electron chi connectivity index (χ0n) is 18.9. The summed E-state index contributed by atoms with van der Waals surface area (Å²) >= 11 is 0. The molecule has 36 heavy (non-hydrogen) atoms. The fourth-order valence-electron chi connectivity index (χ4n) is 3.85. The van der Waals surface area contributed by atoms with Crippen LogP contribution in [0.15, 0.2) is 72.5 Å². The maximum atomic E-state index is 12.7. The molecule has 3 aromatic rings. The van der Waals surface area contributed by atoms with E-state index in [2.05, 4.69) is 5.32 Å². The lowest BCUT2D eigenvalue weighted by Gasteiger charge is -2.15. The quantitative estimate of drug-likeness (QED) is 0.465. The highest BCUT2D eigenvalue weighted by molar-refractivity contribution is 6.14. The molecule has 0 bridgehead atoms. The van der Waals surface area contributed by atoms with E-state index in [4.69, 9.17) is 18.9 Å². The topological polar surface area (TPSA) is 120 Å². The number of aliphatic carboxylic acids is 1. The van der Waals surface area contributed by atoms with Gasteiger partial charge in [-0.05, 0) is 41.5 Å². The number of carboxylic acids is 1. The minimum absolute atomic E-state index is 0.143. The molecule has 0 spiro atoms. The van der Waals surface area contributed by atoms with Gasteiger partial charge in [-0.25, -0.2) is 4.79 Å². The molecule has 2 aliphatic rings. The fraction of sp³-hybridized carbons (Fsp3) is 0.148. The average Bonchev–Trinajstić information content (AvgIpc) is 3.46. The van der Waals surface area contributed by atoms with Gasteiger partial charge in [-0.1, -0.05) is 36.4 Å². The number of carboxylic acid groups (broad SMARTS) is 1. The highest BCUT2D eigenvalue weighted by Crippen LogP contribution is 2.37. The molecule has 0 fully saturated rings. The van der Waals surface area contributed by atoms with E-state index in [-0.39, 0.29) is 24.8 Å². The number of Topliss-reactive ketones (excluding diaryl/α,β-unsaturated/α-hetero) is 1. The molecule has 2 N–H and O–H groups in total. The van der Waals surface area contributed by atoms with Crippen molar-refractivity contribution in [2.45, 2.75) is 12.5 Å². The Labute approximate surface area is 205 Å². The van der Waals surface area contributed by atoms with E-state index in [0.717, 1.165) is 5.56 Å². The molecule has 1 amide bonds. The fourth-order valence-corrected chi connectivity index (χ4v) is 3.85. The van der Waals surface area contributed by atoms with Crippen molar-refractivity contribution in [1.29, 1.82) is 0 Å². The molecule has 1 atom stereocenters. The molecular formula is C27H21NO8. The number of fused-ring (bicyclic) bond motifs is 2. The number of nitrogens with one attached hydrogen (secondary N) is 1. The highest BCUT2D eigenvalue weighted by Gasteiger charge is 2.28. The van der Waals surface area contributed by atoms with Gasteiger partial charge < -0.3 is 29.4 Å². The maximum absolute atomic E-state index is 12.7. The normalized spacial score (nSPS) is 15.2. The average molecular weight is 487 g/mol. The third-order valence-corrected chi connectivity index (χ3v) is 5.62. The largest absolute Gasteiger partial charge is 0.484 e. The van der Waals surface area contributed by atoms with Crippen molar-refractivity contribution in [3.63, 3.8) is 0 Å². The molecule has 5 rings (SSSR count). The molecule has 3 aromatic carbocycles. The summed E-state index contributed by atoms with van der Waals surface area (Å²) in [6.07, 6.45) is 1.76. The molecule has 1 unspecified atom stereocenters. The summed E-state index contributed by atoms with van der Waals surface area (Å²) in [7, 11) is 0. The van der Waals surface area contributed by atoms with Crippen LogP contribution in [0.1, 0.15) is 21.5 Å². The van der Waals surface area contributed by atoms with Gasteiger partial charge in [0.2, 0.25) is 12.6 Å². The Morgan fingerprint density at radius 2 is 1.81 bits per heavy atom.